The molecule has 0 aliphatic rings. The van der Waals surface area contributed by atoms with E-state index < -0.39 is 0 Å². The minimum absolute atomic E-state index is 0.298. The fourth-order valence-electron chi connectivity index (χ4n) is 2.16. The Morgan fingerprint density at radius 3 is 2.78 bits per heavy atom. The van der Waals surface area contributed by atoms with E-state index in [-0.39, 0.29) is 0 Å². The average molecular weight is 264 g/mol. The van der Waals surface area contributed by atoms with E-state index in [0.29, 0.717) is 18.4 Å². The Morgan fingerprint density at radius 2 is 2.17 bits per heavy atom. The van der Waals surface area contributed by atoms with Gasteiger partial charge in [0, 0.05) is 35.1 Å². The number of hydrogen-bond acceptors (Lipinski definition) is 2. The van der Waals surface area contributed by atoms with Crippen molar-refractivity contribution >= 4 is 11.6 Å². The Balaban J connectivity index is 2.44. The molecule has 3 nitrogen and oxygen atoms in total. The van der Waals surface area contributed by atoms with Crippen LogP contribution < -0.4 is 5.73 Å². The molecule has 0 bridgehead atoms. The van der Waals surface area contributed by atoms with Crippen LogP contribution in [0.4, 0.5) is 0 Å². The van der Waals surface area contributed by atoms with Gasteiger partial charge in [0.1, 0.15) is 0 Å². The number of aromatic nitrogens is 2. The highest BCUT2D eigenvalue weighted by atomic mass is 35.5. The van der Waals surface area contributed by atoms with Gasteiger partial charge in [-0.2, -0.15) is 0 Å². The van der Waals surface area contributed by atoms with E-state index in [0.717, 1.165) is 16.4 Å². The standard InChI is InChI=1S/C14H18ClN3/c1-10(2)13(7-16)14-8-17-9-18(14)12-5-3-4-11(15)6-12/h3-6,8-10,13H,7,16H2,1-2H3. The van der Waals surface area contributed by atoms with E-state index in [4.69, 9.17) is 17.3 Å². The first kappa shape index (κ1) is 13.1. The van der Waals surface area contributed by atoms with Gasteiger partial charge >= 0.3 is 0 Å². The second-order valence-electron chi connectivity index (χ2n) is 4.75. The maximum atomic E-state index is 6.03. The molecule has 4 heteroatoms. The minimum atomic E-state index is 0.298. The zero-order valence-electron chi connectivity index (χ0n) is 10.7. The van der Waals surface area contributed by atoms with Crippen LogP contribution in [0.5, 0.6) is 0 Å². The smallest absolute Gasteiger partial charge is 0.0994 e. The van der Waals surface area contributed by atoms with Crippen molar-refractivity contribution in [3.8, 4) is 5.69 Å². The first-order chi connectivity index (χ1) is 8.63. The predicted octanol–water partition coefficient (Wildman–Crippen LogP) is 3.22. The third kappa shape index (κ3) is 2.57. The van der Waals surface area contributed by atoms with Gasteiger partial charge in [-0.1, -0.05) is 31.5 Å². The molecule has 1 heterocycles. The molecule has 1 aromatic heterocycles. The van der Waals surface area contributed by atoms with Crippen molar-refractivity contribution in [1.82, 2.24) is 9.55 Å². The quantitative estimate of drug-likeness (QED) is 0.920. The summed E-state index contributed by atoms with van der Waals surface area (Å²) in [4.78, 5) is 4.24. The summed E-state index contributed by atoms with van der Waals surface area (Å²) in [6, 6.07) is 7.75. The van der Waals surface area contributed by atoms with Crippen molar-refractivity contribution in [1.29, 1.82) is 0 Å². The molecule has 0 spiro atoms. The summed E-state index contributed by atoms with van der Waals surface area (Å²) < 4.78 is 2.06. The number of benzene rings is 1. The van der Waals surface area contributed by atoms with Gasteiger partial charge in [-0.25, -0.2) is 4.98 Å². The van der Waals surface area contributed by atoms with Crippen LogP contribution in [0, 0.1) is 5.92 Å². The maximum absolute atomic E-state index is 6.03. The summed E-state index contributed by atoms with van der Waals surface area (Å²) in [6.45, 7) is 4.96. The van der Waals surface area contributed by atoms with Crippen molar-refractivity contribution in [3.63, 3.8) is 0 Å². The molecule has 0 radical (unpaired) electrons. The normalized spacial score (nSPS) is 12.9. The highest BCUT2D eigenvalue weighted by Gasteiger charge is 2.18. The molecule has 0 aliphatic carbocycles. The summed E-state index contributed by atoms with van der Waals surface area (Å²) >= 11 is 6.03. The molecule has 1 unspecified atom stereocenters. The van der Waals surface area contributed by atoms with E-state index in [9.17, 15) is 0 Å². The number of halogens is 1. The van der Waals surface area contributed by atoms with Crippen LogP contribution in [-0.2, 0) is 0 Å². The third-order valence-electron chi connectivity index (χ3n) is 3.19. The molecular formula is C14H18ClN3. The first-order valence-electron chi connectivity index (χ1n) is 6.11. The molecule has 18 heavy (non-hydrogen) atoms. The zero-order valence-corrected chi connectivity index (χ0v) is 11.4. The second-order valence-corrected chi connectivity index (χ2v) is 5.19. The summed E-state index contributed by atoms with van der Waals surface area (Å²) in [6.07, 6.45) is 3.70. The van der Waals surface area contributed by atoms with Crippen LogP contribution in [0.15, 0.2) is 36.8 Å². The number of imidazole rings is 1. The Bertz CT molecular complexity index is 519. The lowest BCUT2D eigenvalue weighted by atomic mass is 9.93. The Kier molecular flexibility index (Phi) is 4.04. The van der Waals surface area contributed by atoms with Gasteiger partial charge in [0.05, 0.1) is 6.33 Å². The molecule has 0 saturated carbocycles. The van der Waals surface area contributed by atoms with Crippen LogP contribution in [-0.4, -0.2) is 16.1 Å². The van der Waals surface area contributed by atoms with Gasteiger partial charge < -0.3 is 10.3 Å². The van der Waals surface area contributed by atoms with Gasteiger partial charge in [0.15, 0.2) is 0 Å². The van der Waals surface area contributed by atoms with Gasteiger partial charge in [0.25, 0.3) is 0 Å². The van der Waals surface area contributed by atoms with E-state index in [1.165, 1.54) is 0 Å². The SMILES string of the molecule is CC(C)C(CN)c1cncn1-c1cccc(Cl)c1. The Hall–Kier alpha value is -1.32. The third-order valence-corrected chi connectivity index (χ3v) is 3.43. The largest absolute Gasteiger partial charge is 0.330 e. The summed E-state index contributed by atoms with van der Waals surface area (Å²) in [5.41, 5.74) is 8.03. The van der Waals surface area contributed by atoms with Crippen molar-refractivity contribution in [2.45, 2.75) is 19.8 Å². The molecule has 96 valence electrons. The molecule has 0 saturated heterocycles. The fraction of sp³-hybridized carbons (Fsp3) is 0.357. The van der Waals surface area contributed by atoms with E-state index >= 15 is 0 Å². The predicted molar refractivity (Wildman–Crippen MR) is 75.2 cm³/mol. The average Bonchev–Trinajstić information content (AvgIpc) is 2.78. The van der Waals surface area contributed by atoms with Crippen LogP contribution in [0.2, 0.25) is 5.02 Å². The molecule has 0 amide bonds. The van der Waals surface area contributed by atoms with E-state index in [1.807, 2.05) is 36.8 Å². The van der Waals surface area contributed by atoms with Crippen LogP contribution >= 0.6 is 11.6 Å². The topological polar surface area (TPSA) is 43.8 Å². The Labute approximate surface area is 113 Å². The molecule has 2 rings (SSSR count). The van der Waals surface area contributed by atoms with Crippen LogP contribution in [0.1, 0.15) is 25.5 Å². The lowest BCUT2D eigenvalue weighted by Gasteiger charge is -2.20. The fourth-order valence-corrected chi connectivity index (χ4v) is 2.34. The number of nitrogens with zero attached hydrogens (tertiary/aromatic N) is 2. The first-order valence-corrected chi connectivity index (χ1v) is 6.49. The number of hydrogen-bond donors (Lipinski definition) is 1. The maximum Gasteiger partial charge on any atom is 0.0994 e. The van der Waals surface area contributed by atoms with Gasteiger partial charge in [-0.3, -0.25) is 0 Å². The van der Waals surface area contributed by atoms with Gasteiger partial charge in [0.2, 0.25) is 0 Å². The highest BCUT2D eigenvalue weighted by molar-refractivity contribution is 6.30. The molecule has 1 aromatic carbocycles. The van der Waals surface area contributed by atoms with E-state index in [2.05, 4.69) is 23.4 Å². The molecule has 0 fully saturated rings. The molecule has 1 atom stereocenters. The molecule has 2 N–H and O–H groups in total. The van der Waals surface area contributed by atoms with Gasteiger partial charge in [-0.05, 0) is 24.1 Å². The van der Waals surface area contributed by atoms with Crippen molar-refractivity contribution < 1.29 is 0 Å². The number of nitrogens with two attached hydrogens (primary N) is 1. The lowest BCUT2D eigenvalue weighted by molar-refractivity contribution is 0.490. The van der Waals surface area contributed by atoms with Gasteiger partial charge in [-0.15, -0.1) is 0 Å². The van der Waals surface area contributed by atoms with Crippen molar-refractivity contribution in [2.75, 3.05) is 6.54 Å². The summed E-state index contributed by atoms with van der Waals surface area (Å²) in [7, 11) is 0. The summed E-state index contributed by atoms with van der Waals surface area (Å²) in [5, 5.41) is 0.723. The van der Waals surface area contributed by atoms with Crippen LogP contribution in [0.25, 0.3) is 5.69 Å². The monoisotopic (exact) mass is 263 g/mol. The molecule has 0 aliphatic heterocycles. The number of rotatable bonds is 4. The molecule has 2 aromatic rings. The molecular weight excluding hydrogens is 246 g/mol. The van der Waals surface area contributed by atoms with Crippen LogP contribution in [0.3, 0.4) is 0 Å². The zero-order chi connectivity index (χ0) is 13.1. The van der Waals surface area contributed by atoms with Crippen molar-refractivity contribution in [2.24, 2.45) is 11.7 Å². The lowest BCUT2D eigenvalue weighted by Crippen LogP contribution is -2.20. The summed E-state index contributed by atoms with van der Waals surface area (Å²) in [5.74, 6) is 0.774. The van der Waals surface area contributed by atoms with Crippen molar-refractivity contribution in [3.05, 3.63) is 47.5 Å². The second kappa shape index (κ2) is 5.55. The minimum Gasteiger partial charge on any atom is -0.330 e. The Morgan fingerprint density at radius 1 is 1.39 bits per heavy atom. The highest BCUT2D eigenvalue weighted by Crippen LogP contribution is 2.26. The van der Waals surface area contributed by atoms with E-state index in [1.54, 1.807) is 0 Å².